The highest BCUT2D eigenvalue weighted by molar-refractivity contribution is 5.65. The van der Waals surface area contributed by atoms with Crippen LogP contribution in [0, 0.1) is 10.1 Å². The molecule has 70 valence electrons. The minimum atomic E-state index is -0.476. The Morgan fingerprint density at radius 3 is 3.00 bits per heavy atom. The van der Waals surface area contributed by atoms with Gasteiger partial charge in [0.25, 0.3) is 0 Å². The molecule has 0 bridgehead atoms. The maximum Gasteiger partial charge on any atom is 0.217 e. The molecule has 1 aliphatic carbocycles. The molecule has 0 radical (unpaired) electrons. The van der Waals surface area contributed by atoms with Gasteiger partial charge in [-0.25, -0.2) is 0 Å². The number of carbonyl (C=O) groups excluding carboxylic acids is 1. The van der Waals surface area contributed by atoms with Gasteiger partial charge in [-0.3, -0.25) is 14.9 Å². The van der Waals surface area contributed by atoms with E-state index in [9.17, 15) is 14.9 Å². The zero-order valence-electron chi connectivity index (χ0n) is 7.18. The van der Waals surface area contributed by atoms with Gasteiger partial charge in [-0.2, -0.15) is 0 Å². The van der Waals surface area contributed by atoms with Crippen molar-refractivity contribution in [3.05, 3.63) is 33.9 Å². The molecule has 13 heavy (non-hydrogen) atoms. The summed E-state index contributed by atoms with van der Waals surface area (Å²) in [4.78, 5) is 20.2. The second kappa shape index (κ2) is 4.54. The molecule has 4 nitrogen and oxygen atoms in total. The molecule has 1 unspecified atom stereocenters. The lowest BCUT2D eigenvalue weighted by atomic mass is 9.95. The highest BCUT2D eigenvalue weighted by atomic mass is 16.6. The third-order valence-electron chi connectivity index (χ3n) is 2.06. The van der Waals surface area contributed by atoms with Crippen molar-refractivity contribution in [1.29, 1.82) is 0 Å². The van der Waals surface area contributed by atoms with Gasteiger partial charge in [0, 0.05) is 17.8 Å². The molecule has 0 spiro atoms. The van der Waals surface area contributed by atoms with Gasteiger partial charge in [0.2, 0.25) is 6.04 Å². The Hall–Kier alpha value is -1.45. The first-order valence-electron chi connectivity index (χ1n) is 4.18. The molecule has 0 N–H and O–H groups in total. The van der Waals surface area contributed by atoms with Crippen LogP contribution in [0.1, 0.15) is 19.3 Å². The maximum absolute atomic E-state index is 10.5. The monoisotopic (exact) mass is 181 g/mol. The molecular weight excluding hydrogens is 170 g/mol. The van der Waals surface area contributed by atoms with E-state index in [1.165, 1.54) is 6.08 Å². The summed E-state index contributed by atoms with van der Waals surface area (Å²) < 4.78 is 0. The fraction of sp³-hybridized carbons (Fsp3) is 0.444. The second-order valence-electron chi connectivity index (χ2n) is 2.99. The van der Waals surface area contributed by atoms with Crippen LogP contribution in [0.3, 0.4) is 0 Å². The van der Waals surface area contributed by atoms with Crippen LogP contribution in [0.15, 0.2) is 23.8 Å². The summed E-state index contributed by atoms with van der Waals surface area (Å²) in [6.07, 6.45) is 7.40. The van der Waals surface area contributed by atoms with Crippen LogP contribution in [0.25, 0.3) is 0 Å². The molecule has 0 saturated carbocycles. The van der Waals surface area contributed by atoms with Crippen molar-refractivity contribution < 1.29 is 9.72 Å². The molecule has 0 aromatic heterocycles. The Morgan fingerprint density at radius 1 is 1.62 bits per heavy atom. The standard InChI is InChI=1S/C9H11NO3/c11-6-2-4-8-3-1-5-9(7-8)10(12)13/h2-4,6,9H,1,5,7H2/b4-2+. The van der Waals surface area contributed by atoms with E-state index in [1.54, 1.807) is 6.08 Å². The largest absolute Gasteiger partial charge is 0.299 e. The van der Waals surface area contributed by atoms with Crippen LogP contribution in [-0.2, 0) is 4.79 Å². The first-order valence-corrected chi connectivity index (χ1v) is 4.18. The summed E-state index contributed by atoms with van der Waals surface area (Å²) in [6.45, 7) is 0. The molecule has 4 heteroatoms. The van der Waals surface area contributed by atoms with E-state index in [4.69, 9.17) is 0 Å². The summed E-state index contributed by atoms with van der Waals surface area (Å²) in [5.74, 6) is 0. The Morgan fingerprint density at radius 2 is 2.38 bits per heavy atom. The second-order valence-corrected chi connectivity index (χ2v) is 2.99. The van der Waals surface area contributed by atoms with Crippen molar-refractivity contribution in [2.75, 3.05) is 0 Å². The lowest BCUT2D eigenvalue weighted by molar-refractivity contribution is -0.523. The van der Waals surface area contributed by atoms with Crippen LogP contribution in [-0.4, -0.2) is 17.3 Å². The third-order valence-corrected chi connectivity index (χ3v) is 2.06. The highest BCUT2D eigenvalue weighted by Gasteiger charge is 2.23. The molecule has 0 saturated heterocycles. The number of nitrogens with zero attached hydrogens (tertiary/aromatic N) is 1. The van der Waals surface area contributed by atoms with Crippen molar-refractivity contribution in [3.63, 3.8) is 0 Å². The smallest absolute Gasteiger partial charge is 0.217 e. The van der Waals surface area contributed by atoms with Gasteiger partial charge < -0.3 is 0 Å². The Balaban J connectivity index is 2.58. The fourth-order valence-electron chi connectivity index (χ4n) is 1.40. The quantitative estimate of drug-likeness (QED) is 0.287. The summed E-state index contributed by atoms with van der Waals surface area (Å²) in [7, 11) is 0. The maximum atomic E-state index is 10.5. The third kappa shape index (κ3) is 2.82. The van der Waals surface area contributed by atoms with E-state index < -0.39 is 6.04 Å². The van der Waals surface area contributed by atoms with Gasteiger partial charge >= 0.3 is 0 Å². The summed E-state index contributed by atoms with van der Waals surface area (Å²) in [5.41, 5.74) is 0.889. The zero-order chi connectivity index (χ0) is 9.68. The number of allylic oxidation sites excluding steroid dienone is 3. The molecular formula is C9H11NO3. The Labute approximate surface area is 76.1 Å². The minimum absolute atomic E-state index is 0.248. The molecule has 0 heterocycles. The first kappa shape index (κ1) is 9.64. The predicted molar refractivity (Wildman–Crippen MR) is 47.9 cm³/mol. The number of nitro groups is 1. The normalized spacial score (nSPS) is 22.8. The van der Waals surface area contributed by atoms with Crippen molar-refractivity contribution in [2.45, 2.75) is 25.3 Å². The van der Waals surface area contributed by atoms with Gasteiger partial charge in [-0.1, -0.05) is 12.2 Å². The van der Waals surface area contributed by atoms with Gasteiger partial charge in [0.05, 0.1) is 0 Å². The van der Waals surface area contributed by atoms with Crippen molar-refractivity contribution in [2.24, 2.45) is 0 Å². The van der Waals surface area contributed by atoms with Crippen LogP contribution < -0.4 is 0 Å². The van der Waals surface area contributed by atoms with Gasteiger partial charge in [-0.05, 0) is 18.1 Å². The van der Waals surface area contributed by atoms with Crippen LogP contribution in [0.2, 0.25) is 0 Å². The summed E-state index contributed by atoms with van der Waals surface area (Å²) in [6, 6.07) is -0.476. The molecule has 1 rings (SSSR count). The van der Waals surface area contributed by atoms with Gasteiger partial charge in [-0.15, -0.1) is 0 Å². The van der Waals surface area contributed by atoms with E-state index in [-0.39, 0.29) is 4.92 Å². The topological polar surface area (TPSA) is 60.2 Å². The van der Waals surface area contributed by atoms with Crippen LogP contribution in [0.5, 0.6) is 0 Å². The number of hydrogen-bond donors (Lipinski definition) is 0. The average Bonchev–Trinajstić information content (AvgIpc) is 2.15. The van der Waals surface area contributed by atoms with Crippen LogP contribution in [0.4, 0.5) is 0 Å². The number of aldehydes is 1. The average molecular weight is 181 g/mol. The molecule has 1 atom stereocenters. The Bertz CT molecular complexity index is 268. The molecule has 0 aliphatic heterocycles. The molecule has 0 aromatic carbocycles. The molecule has 0 amide bonds. The van der Waals surface area contributed by atoms with E-state index in [1.807, 2.05) is 6.08 Å². The van der Waals surface area contributed by atoms with Crippen molar-refractivity contribution >= 4 is 6.29 Å². The zero-order valence-corrected chi connectivity index (χ0v) is 7.18. The van der Waals surface area contributed by atoms with Crippen molar-refractivity contribution in [3.8, 4) is 0 Å². The summed E-state index contributed by atoms with van der Waals surface area (Å²) >= 11 is 0. The fourth-order valence-corrected chi connectivity index (χ4v) is 1.40. The van der Waals surface area contributed by atoms with E-state index >= 15 is 0 Å². The van der Waals surface area contributed by atoms with E-state index in [0.29, 0.717) is 19.1 Å². The SMILES string of the molecule is O=C/C=C/C1=CCCC([N+](=O)[O-])C1. The predicted octanol–water partition coefficient (Wildman–Crippen LogP) is 1.50. The number of rotatable bonds is 3. The number of hydrogen-bond acceptors (Lipinski definition) is 3. The minimum Gasteiger partial charge on any atom is -0.299 e. The van der Waals surface area contributed by atoms with Crippen LogP contribution >= 0.6 is 0 Å². The first-order chi connectivity index (χ1) is 6.24. The molecule has 0 aromatic rings. The Kier molecular flexibility index (Phi) is 3.37. The van der Waals surface area contributed by atoms with Crippen molar-refractivity contribution in [1.82, 2.24) is 0 Å². The lowest BCUT2D eigenvalue weighted by Gasteiger charge is -2.13. The van der Waals surface area contributed by atoms with E-state index in [0.717, 1.165) is 12.0 Å². The number of carbonyl (C=O) groups is 1. The van der Waals surface area contributed by atoms with Gasteiger partial charge in [0.15, 0.2) is 0 Å². The van der Waals surface area contributed by atoms with Gasteiger partial charge in [0.1, 0.15) is 6.29 Å². The summed E-state index contributed by atoms with van der Waals surface area (Å²) in [5, 5.41) is 10.5. The molecule has 0 fully saturated rings. The highest BCUT2D eigenvalue weighted by Crippen LogP contribution is 2.20. The molecule has 1 aliphatic rings. The van der Waals surface area contributed by atoms with E-state index in [2.05, 4.69) is 0 Å². The lowest BCUT2D eigenvalue weighted by Crippen LogP contribution is -2.21.